The summed E-state index contributed by atoms with van der Waals surface area (Å²) in [6.45, 7) is 4.04. The topological polar surface area (TPSA) is 93.5 Å². The average molecular weight is 335 g/mol. The zero-order valence-electron chi connectivity index (χ0n) is 14.0. The van der Waals surface area contributed by atoms with Crippen LogP contribution < -0.4 is 5.32 Å². The minimum absolute atomic E-state index is 0.0535. The van der Waals surface area contributed by atoms with Crippen LogP contribution in [0.1, 0.15) is 54.6 Å². The number of carboxylic acids is 1. The number of nitrogens with one attached hydrogen (secondary N) is 1. The lowest BCUT2D eigenvalue weighted by molar-refractivity contribution is -0.144. The molecule has 1 aliphatic carbocycles. The number of rotatable bonds is 7. The predicted molar refractivity (Wildman–Crippen MR) is 86.9 cm³/mol. The van der Waals surface area contributed by atoms with Gasteiger partial charge in [-0.15, -0.1) is 0 Å². The van der Waals surface area contributed by atoms with Crippen molar-refractivity contribution >= 4 is 11.9 Å². The SMILES string of the molecule is CCn1cc(C(=O)NCC(C(=O)O)C2CCOCC2)c(C2CC2)n1. The van der Waals surface area contributed by atoms with Crippen LogP contribution in [0.4, 0.5) is 0 Å². The first kappa shape index (κ1) is 17.0. The van der Waals surface area contributed by atoms with Gasteiger partial charge in [-0.3, -0.25) is 14.3 Å². The van der Waals surface area contributed by atoms with E-state index in [1.54, 1.807) is 10.9 Å². The van der Waals surface area contributed by atoms with Crippen LogP contribution in [0, 0.1) is 11.8 Å². The maximum absolute atomic E-state index is 12.6. The Hall–Kier alpha value is -1.89. The highest BCUT2D eigenvalue weighted by Crippen LogP contribution is 2.40. The van der Waals surface area contributed by atoms with Gasteiger partial charge in [0, 0.05) is 38.4 Å². The summed E-state index contributed by atoms with van der Waals surface area (Å²) >= 11 is 0. The molecule has 1 unspecified atom stereocenters. The van der Waals surface area contributed by atoms with Crippen LogP contribution >= 0.6 is 0 Å². The first-order valence-electron chi connectivity index (χ1n) is 8.76. The van der Waals surface area contributed by atoms with Crippen molar-refractivity contribution in [2.24, 2.45) is 11.8 Å². The van der Waals surface area contributed by atoms with Crippen molar-refractivity contribution in [2.45, 2.75) is 45.1 Å². The zero-order chi connectivity index (χ0) is 17.1. The Bertz CT molecular complexity index is 603. The first-order chi connectivity index (χ1) is 11.6. The molecule has 7 nitrogen and oxygen atoms in total. The van der Waals surface area contributed by atoms with Crippen molar-refractivity contribution in [1.29, 1.82) is 0 Å². The Morgan fingerprint density at radius 2 is 2.08 bits per heavy atom. The Labute approximate surface area is 141 Å². The molecule has 7 heteroatoms. The number of nitrogens with zero attached hydrogens (tertiary/aromatic N) is 2. The third-order valence-electron chi connectivity index (χ3n) is 4.96. The highest BCUT2D eigenvalue weighted by Gasteiger charge is 2.33. The molecule has 0 bridgehead atoms. The average Bonchev–Trinajstić information content (AvgIpc) is 3.34. The second-order valence-electron chi connectivity index (χ2n) is 6.66. The molecule has 0 spiro atoms. The normalized spacial score (nSPS) is 19.9. The van der Waals surface area contributed by atoms with E-state index < -0.39 is 11.9 Å². The third-order valence-corrected chi connectivity index (χ3v) is 4.96. The van der Waals surface area contributed by atoms with Crippen LogP contribution in [-0.2, 0) is 16.1 Å². The van der Waals surface area contributed by atoms with Gasteiger partial charge in [0.1, 0.15) is 0 Å². The van der Waals surface area contributed by atoms with Gasteiger partial charge in [0.2, 0.25) is 0 Å². The van der Waals surface area contributed by atoms with Crippen molar-refractivity contribution in [3.63, 3.8) is 0 Å². The Kier molecular flexibility index (Phi) is 5.18. The Morgan fingerprint density at radius 1 is 1.38 bits per heavy atom. The van der Waals surface area contributed by atoms with E-state index in [4.69, 9.17) is 4.74 Å². The lowest BCUT2D eigenvalue weighted by Gasteiger charge is -2.27. The van der Waals surface area contributed by atoms with Gasteiger partial charge in [-0.2, -0.15) is 5.10 Å². The summed E-state index contributed by atoms with van der Waals surface area (Å²) in [6, 6.07) is 0. The fourth-order valence-corrected chi connectivity index (χ4v) is 3.30. The van der Waals surface area contributed by atoms with E-state index >= 15 is 0 Å². The summed E-state index contributed by atoms with van der Waals surface area (Å²) in [5.41, 5.74) is 1.45. The summed E-state index contributed by atoms with van der Waals surface area (Å²) in [5.74, 6) is -1.20. The van der Waals surface area contributed by atoms with Gasteiger partial charge < -0.3 is 15.2 Å². The number of carbonyl (C=O) groups excluding carboxylic acids is 1. The van der Waals surface area contributed by atoms with Gasteiger partial charge in [-0.1, -0.05) is 0 Å². The quantitative estimate of drug-likeness (QED) is 0.790. The third kappa shape index (κ3) is 3.77. The van der Waals surface area contributed by atoms with Crippen LogP contribution in [0.15, 0.2) is 6.20 Å². The smallest absolute Gasteiger partial charge is 0.308 e. The number of hydrogen-bond acceptors (Lipinski definition) is 4. The fourth-order valence-electron chi connectivity index (χ4n) is 3.30. The molecule has 0 aromatic carbocycles. The maximum atomic E-state index is 12.6. The van der Waals surface area contributed by atoms with E-state index in [-0.39, 0.29) is 18.4 Å². The number of carbonyl (C=O) groups is 2. The number of aromatic nitrogens is 2. The van der Waals surface area contributed by atoms with Crippen LogP contribution in [0.5, 0.6) is 0 Å². The molecule has 2 heterocycles. The highest BCUT2D eigenvalue weighted by molar-refractivity contribution is 5.95. The highest BCUT2D eigenvalue weighted by atomic mass is 16.5. The van der Waals surface area contributed by atoms with Crippen LogP contribution in [0.25, 0.3) is 0 Å². The first-order valence-corrected chi connectivity index (χ1v) is 8.76. The number of carboxylic acid groups (broad SMARTS) is 1. The number of hydrogen-bond donors (Lipinski definition) is 2. The Balaban J connectivity index is 1.65. The monoisotopic (exact) mass is 335 g/mol. The van der Waals surface area contributed by atoms with Crippen molar-refractivity contribution < 1.29 is 19.4 Å². The largest absolute Gasteiger partial charge is 0.481 e. The molecule has 0 radical (unpaired) electrons. The standard InChI is InChI=1S/C17H25N3O4/c1-2-20-10-14(15(19-20)12-3-4-12)16(21)18-9-13(17(22)23)11-5-7-24-8-6-11/h10-13H,2-9H2,1H3,(H,18,21)(H,22,23). The molecule has 1 aromatic rings. The van der Waals surface area contributed by atoms with Gasteiger partial charge in [-0.05, 0) is 38.5 Å². The van der Waals surface area contributed by atoms with Crippen molar-refractivity contribution in [2.75, 3.05) is 19.8 Å². The van der Waals surface area contributed by atoms with Gasteiger partial charge in [0.05, 0.1) is 17.2 Å². The lowest BCUT2D eigenvalue weighted by Crippen LogP contribution is -2.39. The predicted octanol–water partition coefficient (Wildman–Crippen LogP) is 1.64. The second-order valence-corrected chi connectivity index (χ2v) is 6.66. The number of ether oxygens (including phenoxy) is 1. The van der Waals surface area contributed by atoms with E-state index in [2.05, 4.69) is 10.4 Å². The molecular weight excluding hydrogens is 310 g/mol. The molecule has 2 fully saturated rings. The molecule has 1 aliphatic heterocycles. The molecular formula is C17H25N3O4. The van der Waals surface area contributed by atoms with Gasteiger partial charge in [0.15, 0.2) is 0 Å². The molecule has 1 saturated carbocycles. The van der Waals surface area contributed by atoms with E-state index in [9.17, 15) is 14.7 Å². The Morgan fingerprint density at radius 3 is 2.67 bits per heavy atom. The van der Waals surface area contributed by atoms with Crippen LogP contribution in [0.2, 0.25) is 0 Å². The van der Waals surface area contributed by atoms with Crippen molar-refractivity contribution in [3.05, 3.63) is 17.5 Å². The van der Waals surface area contributed by atoms with Crippen molar-refractivity contribution in [3.8, 4) is 0 Å². The van der Waals surface area contributed by atoms with Crippen LogP contribution in [0.3, 0.4) is 0 Å². The molecule has 1 saturated heterocycles. The van der Waals surface area contributed by atoms with Gasteiger partial charge in [-0.25, -0.2) is 0 Å². The molecule has 3 rings (SSSR count). The molecule has 2 aliphatic rings. The van der Waals surface area contributed by atoms with E-state index in [0.717, 1.165) is 31.4 Å². The molecule has 1 aromatic heterocycles. The van der Waals surface area contributed by atoms with Crippen LogP contribution in [-0.4, -0.2) is 46.5 Å². The number of aryl methyl sites for hydroxylation is 1. The zero-order valence-corrected chi connectivity index (χ0v) is 14.0. The minimum Gasteiger partial charge on any atom is -0.481 e. The summed E-state index contributed by atoms with van der Waals surface area (Å²) in [7, 11) is 0. The maximum Gasteiger partial charge on any atom is 0.308 e. The summed E-state index contributed by atoms with van der Waals surface area (Å²) in [4.78, 5) is 24.1. The molecule has 132 valence electrons. The lowest BCUT2D eigenvalue weighted by atomic mass is 9.86. The number of aliphatic carboxylic acids is 1. The molecule has 1 amide bonds. The van der Waals surface area contributed by atoms with Gasteiger partial charge in [0.25, 0.3) is 5.91 Å². The summed E-state index contributed by atoms with van der Waals surface area (Å²) < 4.78 is 7.07. The van der Waals surface area contributed by atoms with E-state index in [1.807, 2.05) is 6.92 Å². The van der Waals surface area contributed by atoms with Gasteiger partial charge >= 0.3 is 5.97 Å². The summed E-state index contributed by atoms with van der Waals surface area (Å²) in [6.07, 6.45) is 5.37. The summed E-state index contributed by atoms with van der Waals surface area (Å²) in [5, 5.41) is 16.8. The molecule has 24 heavy (non-hydrogen) atoms. The number of amides is 1. The van der Waals surface area contributed by atoms with E-state index in [1.165, 1.54) is 0 Å². The van der Waals surface area contributed by atoms with E-state index in [0.29, 0.717) is 31.2 Å². The van der Waals surface area contributed by atoms with Crippen molar-refractivity contribution in [1.82, 2.24) is 15.1 Å². The second kappa shape index (κ2) is 7.34. The fraction of sp³-hybridized carbons (Fsp3) is 0.706. The minimum atomic E-state index is -0.853. The molecule has 2 N–H and O–H groups in total. The molecule has 1 atom stereocenters.